The van der Waals surface area contributed by atoms with Crippen molar-refractivity contribution in [3.8, 4) is 0 Å². The molecule has 1 N–H and O–H groups in total. The van der Waals surface area contributed by atoms with E-state index in [1.807, 2.05) is 0 Å². The van der Waals surface area contributed by atoms with Gasteiger partial charge in [0, 0.05) is 22.8 Å². The van der Waals surface area contributed by atoms with Crippen LogP contribution in [0.5, 0.6) is 0 Å². The second kappa shape index (κ2) is 9.08. The van der Waals surface area contributed by atoms with Crippen LogP contribution in [0.3, 0.4) is 0 Å². The van der Waals surface area contributed by atoms with E-state index in [1.54, 1.807) is 18.2 Å². The molecule has 3 aromatic rings. The predicted octanol–water partition coefficient (Wildman–Crippen LogP) is 3.67. The minimum Gasteiger partial charge on any atom is -0.468 e. The Kier molecular flexibility index (Phi) is 6.50. The van der Waals surface area contributed by atoms with Gasteiger partial charge in [0.1, 0.15) is 5.76 Å². The average Bonchev–Trinajstić information content (AvgIpc) is 3.21. The molecule has 0 unspecified atom stereocenters. The highest BCUT2D eigenvalue weighted by Crippen LogP contribution is 2.22. The number of carbonyl (C=O) groups is 1. The number of nitro benzene ring substituents is 1. The molecular weight excluding hydrogens is 434 g/mol. The first-order valence-electron chi connectivity index (χ1n) is 8.58. The van der Waals surface area contributed by atoms with Crippen molar-refractivity contribution in [3.05, 3.63) is 87.8 Å². The van der Waals surface area contributed by atoms with Crippen molar-refractivity contribution in [1.82, 2.24) is 4.31 Å². The summed E-state index contributed by atoms with van der Waals surface area (Å²) in [6.07, 6.45) is 1.40. The Labute approximate surface area is 177 Å². The number of furan rings is 1. The Morgan fingerprint density at radius 3 is 2.47 bits per heavy atom. The first kappa shape index (κ1) is 21.5. The molecule has 11 heteroatoms. The van der Waals surface area contributed by atoms with E-state index in [0.717, 1.165) is 4.31 Å². The number of hydrogen-bond donors (Lipinski definition) is 1. The van der Waals surface area contributed by atoms with Gasteiger partial charge in [-0.15, -0.1) is 0 Å². The largest absolute Gasteiger partial charge is 0.468 e. The van der Waals surface area contributed by atoms with Crippen molar-refractivity contribution in [1.29, 1.82) is 0 Å². The molecule has 30 heavy (non-hydrogen) atoms. The van der Waals surface area contributed by atoms with Gasteiger partial charge in [-0.2, -0.15) is 4.31 Å². The maximum absolute atomic E-state index is 13.1. The van der Waals surface area contributed by atoms with E-state index in [1.165, 1.54) is 48.7 Å². The molecule has 1 amide bonds. The number of nitro groups is 1. The number of benzene rings is 2. The molecule has 0 bridgehead atoms. The molecule has 0 aliphatic carbocycles. The van der Waals surface area contributed by atoms with Gasteiger partial charge in [0.15, 0.2) is 0 Å². The molecule has 0 radical (unpaired) electrons. The topological polar surface area (TPSA) is 123 Å². The highest BCUT2D eigenvalue weighted by atomic mass is 35.5. The number of carbonyl (C=O) groups excluding carboxylic acids is 1. The lowest BCUT2D eigenvalue weighted by Gasteiger charge is -2.21. The first-order chi connectivity index (χ1) is 14.3. The second-order valence-corrected chi connectivity index (χ2v) is 8.54. The van der Waals surface area contributed by atoms with Crippen LogP contribution < -0.4 is 5.32 Å². The van der Waals surface area contributed by atoms with Gasteiger partial charge in [-0.3, -0.25) is 14.9 Å². The van der Waals surface area contributed by atoms with Gasteiger partial charge in [0.25, 0.3) is 5.69 Å². The average molecular weight is 450 g/mol. The fourth-order valence-corrected chi connectivity index (χ4v) is 4.27. The third-order valence-electron chi connectivity index (χ3n) is 4.03. The third kappa shape index (κ3) is 5.23. The maximum Gasteiger partial charge on any atom is 0.269 e. The van der Waals surface area contributed by atoms with Crippen molar-refractivity contribution < 1.29 is 22.6 Å². The minimum atomic E-state index is -4.07. The van der Waals surface area contributed by atoms with Gasteiger partial charge in [-0.25, -0.2) is 8.42 Å². The molecule has 9 nitrogen and oxygen atoms in total. The quantitative estimate of drug-likeness (QED) is 0.413. The first-order valence-corrected chi connectivity index (χ1v) is 10.4. The molecule has 0 aliphatic rings. The summed E-state index contributed by atoms with van der Waals surface area (Å²) in [7, 11) is -4.07. The molecule has 0 atom stereocenters. The van der Waals surface area contributed by atoms with Gasteiger partial charge in [0.05, 0.1) is 29.2 Å². The maximum atomic E-state index is 13.1. The standard InChI is InChI=1S/C19H16ClN3O6S/c20-14-3-1-5-18(11-14)30(27,28)22(12-17-4-2-10-29-17)13-19(24)21-15-6-8-16(9-7-15)23(25)26/h1-11H,12-13H2,(H,21,24). The van der Waals surface area contributed by atoms with Crippen LogP contribution in [-0.2, 0) is 21.4 Å². The lowest BCUT2D eigenvalue weighted by Crippen LogP contribution is -2.37. The van der Waals surface area contributed by atoms with Crippen LogP contribution in [0.15, 0.2) is 76.2 Å². The Hall–Kier alpha value is -3.21. The van der Waals surface area contributed by atoms with Gasteiger partial charge < -0.3 is 9.73 Å². The number of nitrogens with zero attached hydrogens (tertiary/aromatic N) is 2. The third-order valence-corrected chi connectivity index (χ3v) is 6.05. The van der Waals surface area contributed by atoms with Gasteiger partial charge in [-0.05, 0) is 42.5 Å². The van der Waals surface area contributed by atoms with Crippen molar-refractivity contribution in [2.75, 3.05) is 11.9 Å². The summed E-state index contributed by atoms with van der Waals surface area (Å²) in [6.45, 7) is -0.679. The van der Waals surface area contributed by atoms with Crippen LogP contribution in [0.1, 0.15) is 5.76 Å². The SMILES string of the molecule is O=C(CN(Cc1ccco1)S(=O)(=O)c1cccc(Cl)c1)Nc1ccc([N+](=O)[O-])cc1. The van der Waals surface area contributed by atoms with Gasteiger partial charge in [0.2, 0.25) is 15.9 Å². The highest BCUT2D eigenvalue weighted by molar-refractivity contribution is 7.89. The van der Waals surface area contributed by atoms with Crippen molar-refractivity contribution in [2.45, 2.75) is 11.4 Å². The van der Waals surface area contributed by atoms with E-state index in [4.69, 9.17) is 16.0 Å². The molecule has 1 aromatic heterocycles. The van der Waals surface area contributed by atoms with Crippen LogP contribution in [0, 0.1) is 10.1 Å². The number of hydrogen-bond acceptors (Lipinski definition) is 6. The molecule has 156 valence electrons. The molecule has 0 aliphatic heterocycles. The molecule has 1 heterocycles. The summed E-state index contributed by atoms with van der Waals surface area (Å²) in [6, 6.07) is 14.1. The number of nitrogens with one attached hydrogen (secondary N) is 1. The van der Waals surface area contributed by atoms with E-state index < -0.39 is 27.4 Å². The number of rotatable bonds is 8. The molecular formula is C19H16ClN3O6S. The highest BCUT2D eigenvalue weighted by Gasteiger charge is 2.28. The summed E-state index contributed by atoms with van der Waals surface area (Å²) in [4.78, 5) is 22.6. The van der Waals surface area contributed by atoms with Gasteiger partial charge >= 0.3 is 0 Å². The van der Waals surface area contributed by atoms with Crippen LogP contribution in [-0.4, -0.2) is 30.1 Å². The van der Waals surface area contributed by atoms with Crippen LogP contribution in [0.2, 0.25) is 5.02 Å². The zero-order chi connectivity index (χ0) is 21.7. The lowest BCUT2D eigenvalue weighted by atomic mass is 10.3. The molecule has 3 rings (SSSR count). The van der Waals surface area contributed by atoms with E-state index in [0.29, 0.717) is 11.4 Å². The van der Waals surface area contributed by atoms with E-state index in [-0.39, 0.29) is 22.2 Å². The van der Waals surface area contributed by atoms with Gasteiger partial charge in [-0.1, -0.05) is 17.7 Å². The molecule has 0 saturated heterocycles. The monoisotopic (exact) mass is 449 g/mol. The Balaban J connectivity index is 1.81. The smallest absolute Gasteiger partial charge is 0.269 e. The van der Waals surface area contributed by atoms with Crippen molar-refractivity contribution >= 4 is 38.9 Å². The van der Waals surface area contributed by atoms with Crippen LogP contribution in [0.25, 0.3) is 0 Å². The van der Waals surface area contributed by atoms with Crippen molar-refractivity contribution in [3.63, 3.8) is 0 Å². The summed E-state index contributed by atoms with van der Waals surface area (Å²) >= 11 is 5.92. The Morgan fingerprint density at radius 1 is 1.13 bits per heavy atom. The summed E-state index contributed by atoms with van der Waals surface area (Å²) in [5.74, 6) is -0.273. The molecule has 0 spiro atoms. The predicted molar refractivity (Wildman–Crippen MR) is 109 cm³/mol. The number of halogens is 1. The zero-order valence-corrected chi connectivity index (χ0v) is 17.0. The lowest BCUT2D eigenvalue weighted by molar-refractivity contribution is -0.384. The summed E-state index contributed by atoms with van der Waals surface area (Å²) in [5, 5.41) is 13.5. The van der Waals surface area contributed by atoms with Crippen LogP contribution >= 0.6 is 11.6 Å². The molecule has 0 fully saturated rings. The Morgan fingerprint density at radius 2 is 1.87 bits per heavy atom. The fraction of sp³-hybridized carbons (Fsp3) is 0.105. The zero-order valence-electron chi connectivity index (χ0n) is 15.4. The van der Waals surface area contributed by atoms with E-state index >= 15 is 0 Å². The molecule has 2 aromatic carbocycles. The Bertz CT molecular complexity index is 1150. The van der Waals surface area contributed by atoms with E-state index in [2.05, 4.69) is 5.32 Å². The number of amides is 1. The van der Waals surface area contributed by atoms with Crippen molar-refractivity contribution in [2.24, 2.45) is 0 Å². The van der Waals surface area contributed by atoms with Crippen LogP contribution in [0.4, 0.5) is 11.4 Å². The number of non-ortho nitro benzene ring substituents is 1. The normalized spacial score (nSPS) is 11.4. The summed E-state index contributed by atoms with van der Waals surface area (Å²) < 4.78 is 32.4. The second-order valence-electron chi connectivity index (χ2n) is 6.16. The summed E-state index contributed by atoms with van der Waals surface area (Å²) in [5.41, 5.74) is 0.166. The number of sulfonamides is 1. The number of anilines is 1. The fourth-order valence-electron chi connectivity index (χ4n) is 2.61. The minimum absolute atomic E-state index is 0.0651. The van der Waals surface area contributed by atoms with E-state index in [9.17, 15) is 23.3 Å². The molecule has 0 saturated carbocycles.